The molecular weight excluding hydrogens is 252 g/mol. The maximum atomic E-state index is 4.07. The third-order valence-electron chi connectivity index (χ3n) is 3.18. The molecule has 0 fully saturated rings. The van der Waals surface area contributed by atoms with E-state index in [0.29, 0.717) is 11.3 Å². The van der Waals surface area contributed by atoms with Crippen LogP contribution in [-0.2, 0) is 0 Å². The highest BCUT2D eigenvalue weighted by atomic mass is 32.2. The summed E-state index contributed by atoms with van der Waals surface area (Å²) in [4.78, 5) is 5.35. The third-order valence-corrected chi connectivity index (χ3v) is 4.63. The van der Waals surface area contributed by atoms with Gasteiger partial charge in [-0.05, 0) is 31.2 Å². The van der Waals surface area contributed by atoms with Crippen LogP contribution >= 0.6 is 11.8 Å². The molecule has 0 aliphatic carbocycles. The van der Waals surface area contributed by atoms with Crippen LogP contribution in [0, 0.1) is 0 Å². The monoisotopic (exact) mass is 272 g/mol. The fraction of sp³-hybridized carbons (Fsp3) is 0.312. The molecule has 0 amide bonds. The lowest BCUT2D eigenvalue weighted by Crippen LogP contribution is -2.26. The van der Waals surface area contributed by atoms with E-state index in [9.17, 15) is 0 Å². The van der Waals surface area contributed by atoms with Crippen molar-refractivity contribution < 1.29 is 0 Å². The van der Waals surface area contributed by atoms with Crippen molar-refractivity contribution in [3.8, 4) is 0 Å². The molecule has 2 aromatic rings. The van der Waals surface area contributed by atoms with Gasteiger partial charge in [-0.25, -0.2) is 0 Å². The van der Waals surface area contributed by atoms with Gasteiger partial charge in [0.15, 0.2) is 0 Å². The van der Waals surface area contributed by atoms with Gasteiger partial charge >= 0.3 is 0 Å². The summed E-state index contributed by atoms with van der Waals surface area (Å²) in [5.74, 6) is 0. The van der Waals surface area contributed by atoms with Gasteiger partial charge in [0.25, 0.3) is 0 Å². The van der Waals surface area contributed by atoms with Crippen LogP contribution in [0.4, 0.5) is 0 Å². The van der Waals surface area contributed by atoms with E-state index in [0.717, 1.165) is 6.42 Å². The molecule has 0 radical (unpaired) electrons. The average molecular weight is 272 g/mol. The predicted octanol–water partition coefficient (Wildman–Crippen LogP) is 3.91. The number of hydrogen-bond acceptors (Lipinski definition) is 3. The summed E-state index contributed by atoms with van der Waals surface area (Å²) in [7, 11) is 2.04. The van der Waals surface area contributed by atoms with Gasteiger partial charge in [0, 0.05) is 28.6 Å². The van der Waals surface area contributed by atoms with Crippen LogP contribution in [0.15, 0.2) is 59.8 Å². The fourth-order valence-electron chi connectivity index (χ4n) is 2.21. The number of nitrogens with one attached hydrogen (secondary N) is 1. The highest BCUT2D eigenvalue weighted by Gasteiger charge is 2.21. The molecule has 1 N–H and O–H groups in total. The van der Waals surface area contributed by atoms with Crippen LogP contribution in [0.3, 0.4) is 0 Å². The van der Waals surface area contributed by atoms with Crippen molar-refractivity contribution in [2.75, 3.05) is 7.05 Å². The van der Waals surface area contributed by atoms with Crippen molar-refractivity contribution in [3.63, 3.8) is 0 Å². The molecule has 1 aromatic heterocycles. The minimum Gasteiger partial charge on any atom is -0.312 e. The molecule has 0 spiro atoms. The number of nitrogens with zero attached hydrogens (tertiary/aromatic N) is 1. The predicted molar refractivity (Wildman–Crippen MR) is 82.4 cm³/mol. The Balaban J connectivity index is 2.15. The molecule has 0 saturated heterocycles. The first-order valence-electron chi connectivity index (χ1n) is 6.64. The summed E-state index contributed by atoms with van der Waals surface area (Å²) in [6.07, 6.45) is 4.82. The molecule has 1 aromatic carbocycles. The SMILES string of the molecule is CCC(Sc1ccncc1)C(NC)c1ccccc1. The van der Waals surface area contributed by atoms with Crippen LogP contribution in [-0.4, -0.2) is 17.3 Å². The number of pyridine rings is 1. The minimum absolute atomic E-state index is 0.365. The number of thioether (sulfide) groups is 1. The van der Waals surface area contributed by atoms with Gasteiger partial charge in [-0.15, -0.1) is 11.8 Å². The van der Waals surface area contributed by atoms with E-state index in [-0.39, 0.29) is 0 Å². The average Bonchev–Trinajstić information content (AvgIpc) is 2.49. The normalized spacial score (nSPS) is 14.0. The van der Waals surface area contributed by atoms with Crippen molar-refractivity contribution >= 4 is 11.8 Å². The lowest BCUT2D eigenvalue weighted by molar-refractivity contribution is 0.556. The summed E-state index contributed by atoms with van der Waals surface area (Å²) in [6, 6.07) is 15.2. The van der Waals surface area contributed by atoms with Crippen LogP contribution in [0.2, 0.25) is 0 Å². The van der Waals surface area contributed by atoms with Gasteiger partial charge in [0.1, 0.15) is 0 Å². The number of hydrogen-bond donors (Lipinski definition) is 1. The first kappa shape index (κ1) is 14.1. The lowest BCUT2D eigenvalue weighted by Gasteiger charge is -2.26. The Kier molecular flexibility index (Phi) is 5.43. The summed E-state index contributed by atoms with van der Waals surface area (Å²) in [5.41, 5.74) is 1.35. The van der Waals surface area contributed by atoms with Gasteiger partial charge in [-0.3, -0.25) is 4.98 Å². The van der Waals surface area contributed by atoms with Gasteiger partial charge in [0.2, 0.25) is 0 Å². The quantitative estimate of drug-likeness (QED) is 0.807. The second-order valence-electron chi connectivity index (χ2n) is 4.42. The number of rotatable bonds is 6. The largest absolute Gasteiger partial charge is 0.312 e. The molecule has 0 bridgehead atoms. The van der Waals surface area contributed by atoms with Gasteiger partial charge in [-0.2, -0.15) is 0 Å². The van der Waals surface area contributed by atoms with Crippen molar-refractivity contribution in [3.05, 3.63) is 60.4 Å². The Labute approximate surface area is 119 Å². The standard InChI is InChI=1S/C16H20N2S/c1-3-15(19-14-9-11-18-12-10-14)16(17-2)13-7-5-4-6-8-13/h4-12,15-17H,3H2,1-2H3. The first-order valence-corrected chi connectivity index (χ1v) is 7.52. The lowest BCUT2D eigenvalue weighted by atomic mass is 10.0. The molecule has 2 nitrogen and oxygen atoms in total. The topological polar surface area (TPSA) is 24.9 Å². The zero-order chi connectivity index (χ0) is 13.5. The summed E-state index contributed by atoms with van der Waals surface area (Å²) >= 11 is 1.91. The molecule has 2 rings (SSSR count). The zero-order valence-electron chi connectivity index (χ0n) is 11.4. The van der Waals surface area contributed by atoms with Gasteiger partial charge in [-0.1, -0.05) is 37.3 Å². The van der Waals surface area contributed by atoms with E-state index >= 15 is 0 Å². The summed E-state index contributed by atoms with van der Waals surface area (Å²) in [5, 5.41) is 3.96. The second kappa shape index (κ2) is 7.31. The Hall–Kier alpha value is -1.32. The zero-order valence-corrected chi connectivity index (χ0v) is 12.2. The van der Waals surface area contributed by atoms with E-state index in [4.69, 9.17) is 0 Å². The molecule has 100 valence electrons. The summed E-state index contributed by atoms with van der Waals surface area (Å²) < 4.78 is 0. The summed E-state index contributed by atoms with van der Waals surface area (Å²) in [6.45, 7) is 2.24. The highest BCUT2D eigenvalue weighted by Crippen LogP contribution is 2.33. The van der Waals surface area contributed by atoms with Crippen LogP contribution in [0.25, 0.3) is 0 Å². The van der Waals surface area contributed by atoms with Crippen molar-refractivity contribution in [1.82, 2.24) is 10.3 Å². The van der Waals surface area contributed by atoms with Crippen molar-refractivity contribution in [2.24, 2.45) is 0 Å². The van der Waals surface area contributed by atoms with E-state index in [1.54, 1.807) is 0 Å². The molecule has 3 heteroatoms. The van der Waals surface area contributed by atoms with E-state index < -0.39 is 0 Å². The molecule has 2 unspecified atom stereocenters. The number of aromatic nitrogens is 1. The Morgan fingerprint density at radius 2 is 1.79 bits per heavy atom. The van der Waals surface area contributed by atoms with E-state index in [1.165, 1.54) is 10.5 Å². The first-order chi connectivity index (χ1) is 9.35. The molecular formula is C16H20N2S. The Bertz CT molecular complexity index is 473. The van der Waals surface area contributed by atoms with Crippen molar-refractivity contribution in [1.29, 1.82) is 0 Å². The van der Waals surface area contributed by atoms with Gasteiger partial charge < -0.3 is 5.32 Å². The van der Waals surface area contributed by atoms with Crippen molar-refractivity contribution in [2.45, 2.75) is 29.5 Å². The molecule has 19 heavy (non-hydrogen) atoms. The highest BCUT2D eigenvalue weighted by molar-refractivity contribution is 8.00. The molecule has 2 atom stereocenters. The molecule has 1 heterocycles. The van der Waals surface area contributed by atoms with Crippen LogP contribution in [0.5, 0.6) is 0 Å². The maximum Gasteiger partial charge on any atom is 0.0441 e. The molecule has 0 saturated carbocycles. The Morgan fingerprint density at radius 3 is 2.37 bits per heavy atom. The van der Waals surface area contributed by atoms with E-state index in [1.807, 2.05) is 31.2 Å². The van der Waals surface area contributed by atoms with Gasteiger partial charge in [0.05, 0.1) is 0 Å². The van der Waals surface area contributed by atoms with Crippen LogP contribution < -0.4 is 5.32 Å². The third kappa shape index (κ3) is 3.82. The minimum atomic E-state index is 0.365. The molecule has 0 aliphatic heterocycles. The smallest absolute Gasteiger partial charge is 0.0441 e. The second-order valence-corrected chi connectivity index (χ2v) is 5.74. The fourth-order valence-corrected chi connectivity index (χ4v) is 3.43. The molecule has 0 aliphatic rings. The van der Waals surface area contributed by atoms with E-state index in [2.05, 4.69) is 59.7 Å². The maximum absolute atomic E-state index is 4.07. The van der Waals surface area contributed by atoms with Crippen LogP contribution in [0.1, 0.15) is 24.9 Å². The Morgan fingerprint density at radius 1 is 1.11 bits per heavy atom. The number of benzene rings is 1.